The maximum absolute atomic E-state index is 10.1. The lowest BCUT2D eigenvalue weighted by Gasteiger charge is -2.18. The fourth-order valence-corrected chi connectivity index (χ4v) is 3.76. The Morgan fingerprint density at radius 1 is 0.500 bits per heavy atom. The van der Waals surface area contributed by atoms with Crippen molar-refractivity contribution in [1.29, 1.82) is 0 Å². The van der Waals surface area contributed by atoms with Crippen LogP contribution in [-0.4, -0.2) is 17.3 Å². The quantitative estimate of drug-likeness (QED) is 0.205. The minimum Gasteiger partial charge on any atom is -0.392 e. The standard InChI is InChI=1S/C24H51NO/c1-3-5-7-9-10-11-12-13-14-15-16-17-18-20-22-24(26)23(25)21-19-8-6-4-2/h23-24,26H,3-22,25H2,1-2H3. The van der Waals surface area contributed by atoms with E-state index < -0.39 is 0 Å². The number of rotatable bonds is 21. The van der Waals surface area contributed by atoms with E-state index in [4.69, 9.17) is 5.73 Å². The van der Waals surface area contributed by atoms with Gasteiger partial charge in [-0.2, -0.15) is 0 Å². The van der Waals surface area contributed by atoms with Gasteiger partial charge < -0.3 is 10.8 Å². The topological polar surface area (TPSA) is 46.2 Å². The molecule has 26 heavy (non-hydrogen) atoms. The predicted octanol–water partition coefficient (Wildman–Crippen LogP) is 7.52. The van der Waals surface area contributed by atoms with Gasteiger partial charge >= 0.3 is 0 Å². The highest BCUT2D eigenvalue weighted by Crippen LogP contribution is 2.15. The van der Waals surface area contributed by atoms with Gasteiger partial charge in [-0.3, -0.25) is 0 Å². The molecule has 158 valence electrons. The van der Waals surface area contributed by atoms with Crippen molar-refractivity contribution in [2.75, 3.05) is 0 Å². The molecule has 0 aliphatic carbocycles. The van der Waals surface area contributed by atoms with Gasteiger partial charge in [-0.15, -0.1) is 0 Å². The van der Waals surface area contributed by atoms with E-state index in [0.717, 1.165) is 19.3 Å². The van der Waals surface area contributed by atoms with Gasteiger partial charge in [0.25, 0.3) is 0 Å². The average molecular weight is 370 g/mol. The van der Waals surface area contributed by atoms with E-state index in [1.54, 1.807) is 0 Å². The molecule has 0 amide bonds. The van der Waals surface area contributed by atoms with Crippen LogP contribution in [0.1, 0.15) is 142 Å². The summed E-state index contributed by atoms with van der Waals surface area (Å²) in [7, 11) is 0. The van der Waals surface area contributed by atoms with Crippen molar-refractivity contribution in [1.82, 2.24) is 0 Å². The molecule has 0 heterocycles. The summed E-state index contributed by atoms with van der Waals surface area (Å²) in [5.74, 6) is 0. The normalized spacial score (nSPS) is 13.8. The molecule has 0 aliphatic rings. The van der Waals surface area contributed by atoms with Crippen molar-refractivity contribution >= 4 is 0 Å². The third-order valence-corrected chi connectivity index (χ3v) is 5.74. The monoisotopic (exact) mass is 369 g/mol. The van der Waals surface area contributed by atoms with Crippen molar-refractivity contribution in [2.45, 2.75) is 154 Å². The molecule has 2 atom stereocenters. The summed E-state index contributed by atoms with van der Waals surface area (Å²) >= 11 is 0. The van der Waals surface area contributed by atoms with Crippen LogP contribution in [0.25, 0.3) is 0 Å². The summed E-state index contributed by atoms with van der Waals surface area (Å²) in [6, 6.07) is -0.00571. The summed E-state index contributed by atoms with van der Waals surface area (Å²) in [6.45, 7) is 4.51. The Balaban J connectivity index is 3.22. The van der Waals surface area contributed by atoms with Gasteiger partial charge in [0.1, 0.15) is 0 Å². The summed E-state index contributed by atoms with van der Waals surface area (Å²) < 4.78 is 0. The van der Waals surface area contributed by atoms with Crippen LogP contribution >= 0.6 is 0 Å². The van der Waals surface area contributed by atoms with Crippen molar-refractivity contribution in [3.63, 3.8) is 0 Å². The molecule has 2 unspecified atom stereocenters. The molecule has 0 aromatic heterocycles. The molecule has 2 heteroatoms. The first-order valence-electron chi connectivity index (χ1n) is 12.2. The first kappa shape index (κ1) is 25.9. The van der Waals surface area contributed by atoms with Crippen LogP contribution in [0.3, 0.4) is 0 Å². The molecule has 0 aliphatic heterocycles. The molecular weight excluding hydrogens is 318 g/mol. The van der Waals surface area contributed by atoms with Crippen molar-refractivity contribution in [3.05, 3.63) is 0 Å². The highest BCUT2D eigenvalue weighted by atomic mass is 16.3. The number of aliphatic hydroxyl groups is 1. The second-order valence-electron chi connectivity index (χ2n) is 8.47. The number of hydrogen-bond acceptors (Lipinski definition) is 2. The smallest absolute Gasteiger partial charge is 0.0691 e. The van der Waals surface area contributed by atoms with Gasteiger partial charge in [0.15, 0.2) is 0 Å². The molecule has 0 saturated heterocycles. The second-order valence-corrected chi connectivity index (χ2v) is 8.47. The fourth-order valence-electron chi connectivity index (χ4n) is 3.76. The Bertz CT molecular complexity index is 257. The summed E-state index contributed by atoms with van der Waals surface area (Å²) in [5.41, 5.74) is 6.10. The number of unbranched alkanes of at least 4 members (excludes halogenated alkanes) is 16. The number of hydrogen-bond donors (Lipinski definition) is 2. The maximum atomic E-state index is 10.1. The predicted molar refractivity (Wildman–Crippen MR) is 118 cm³/mol. The zero-order valence-electron chi connectivity index (χ0n) is 18.3. The summed E-state index contributed by atoms with van der Waals surface area (Å²) in [5, 5.41) is 10.1. The van der Waals surface area contributed by atoms with Gasteiger partial charge in [-0.1, -0.05) is 129 Å². The van der Waals surface area contributed by atoms with Crippen LogP contribution in [-0.2, 0) is 0 Å². The van der Waals surface area contributed by atoms with Gasteiger partial charge in [0.2, 0.25) is 0 Å². The molecule has 0 fully saturated rings. The van der Waals surface area contributed by atoms with Crippen LogP contribution in [0.2, 0.25) is 0 Å². The molecule has 3 N–H and O–H groups in total. The third kappa shape index (κ3) is 18.7. The first-order valence-corrected chi connectivity index (χ1v) is 12.2. The summed E-state index contributed by atoms with van der Waals surface area (Å²) in [4.78, 5) is 0. The first-order chi connectivity index (χ1) is 12.7. The molecule has 0 spiro atoms. The van der Waals surface area contributed by atoms with E-state index in [0.29, 0.717) is 0 Å². The van der Waals surface area contributed by atoms with Crippen molar-refractivity contribution in [2.24, 2.45) is 5.73 Å². The minimum atomic E-state index is -0.283. The second kappa shape index (κ2) is 21.2. The minimum absolute atomic E-state index is 0.00571. The van der Waals surface area contributed by atoms with Gasteiger partial charge in [0.05, 0.1) is 6.10 Å². The van der Waals surface area contributed by atoms with Gasteiger partial charge in [-0.25, -0.2) is 0 Å². The number of aliphatic hydroxyl groups excluding tert-OH is 1. The molecule has 0 aromatic carbocycles. The van der Waals surface area contributed by atoms with E-state index >= 15 is 0 Å². The van der Waals surface area contributed by atoms with Crippen LogP contribution in [0.5, 0.6) is 0 Å². The Labute approximate surface area is 165 Å². The fraction of sp³-hybridized carbons (Fsp3) is 1.00. The molecular formula is C24H51NO. The van der Waals surface area contributed by atoms with Crippen molar-refractivity contribution < 1.29 is 5.11 Å². The Kier molecular flexibility index (Phi) is 21.2. The highest BCUT2D eigenvalue weighted by molar-refractivity contribution is 4.71. The van der Waals surface area contributed by atoms with Crippen LogP contribution in [0.4, 0.5) is 0 Å². The summed E-state index contributed by atoms with van der Waals surface area (Å²) in [6.07, 6.45) is 25.9. The van der Waals surface area contributed by atoms with E-state index in [9.17, 15) is 5.11 Å². The Hall–Kier alpha value is -0.0800. The number of nitrogens with two attached hydrogens (primary N) is 1. The average Bonchev–Trinajstić information content (AvgIpc) is 2.65. The third-order valence-electron chi connectivity index (χ3n) is 5.74. The zero-order valence-corrected chi connectivity index (χ0v) is 18.3. The molecule has 0 aromatic rings. The SMILES string of the molecule is CCCCCCCCCCCCCCCCC(O)C(N)CCCCCC. The van der Waals surface area contributed by atoms with E-state index in [2.05, 4.69) is 13.8 Å². The molecule has 0 saturated carbocycles. The van der Waals surface area contributed by atoms with Crippen LogP contribution in [0, 0.1) is 0 Å². The van der Waals surface area contributed by atoms with Crippen LogP contribution < -0.4 is 5.73 Å². The lowest BCUT2D eigenvalue weighted by molar-refractivity contribution is 0.126. The van der Waals surface area contributed by atoms with Gasteiger partial charge in [-0.05, 0) is 12.8 Å². The molecule has 0 radical (unpaired) electrons. The lowest BCUT2D eigenvalue weighted by atomic mass is 9.98. The highest BCUT2D eigenvalue weighted by Gasteiger charge is 2.13. The van der Waals surface area contributed by atoms with Crippen LogP contribution in [0.15, 0.2) is 0 Å². The van der Waals surface area contributed by atoms with E-state index in [1.807, 2.05) is 0 Å². The maximum Gasteiger partial charge on any atom is 0.0691 e. The van der Waals surface area contributed by atoms with Crippen molar-refractivity contribution in [3.8, 4) is 0 Å². The molecule has 0 rings (SSSR count). The Morgan fingerprint density at radius 2 is 0.808 bits per heavy atom. The lowest BCUT2D eigenvalue weighted by Crippen LogP contribution is -2.34. The van der Waals surface area contributed by atoms with Gasteiger partial charge in [0, 0.05) is 6.04 Å². The van der Waals surface area contributed by atoms with E-state index in [1.165, 1.54) is 109 Å². The largest absolute Gasteiger partial charge is 0.392 e. The molecule has 0 bridgehead atoms. The molecule has 2 nitrogen and oxygen atoms in total. The zero-order chi connectivity index (χ0) is 19.3. The van der Waals surface area contributed by atoms with E-state index in [-0.39, 0.29) is 12.1 Å². The Morgan fingerprint density at radius 3 is 1.23 bits per heavy atom.